The highest BCUT2D eigenvalue weighted by atomic mass is 16.5. The molecule has 2 aliphatic heterocycles. The number of carbonyl (C=O) groups is 2. The summed E-state index contributed by atoms with van der Waals surface area (Å²) in [4.78, 5) is 27.0. The van der Waals surface area contributed by atoms with Gasteiger partial charge in [0.2, 0.25) is 5.91 Å². The minimum Gasteiger partial charge on any atom is -0.469 e. The summed E-state index contributed by atoms with van der Waals surface area (Å²) >= 11 is 0. The number of hydrogen-bond donors (Lipinski definition) is 0. The number of nitrogens with zero attached hydrogens (tertiary/aromatic N) is 1. The third kappa shape index (κ3) is 1.97. The number of carbonyl (C=O) groups excluding carboxylic acids is 2. The zero-order chi connectivity index (χ0) is 16.2. The molecule has 1 aromatic rings. The van der Waals surface area contributed by atoms with Gasteiger partial charge >= 0.3 is 5.97 Å². The molecule has 0 bridgehead atoms. The maximum atomic E-state index is 13.1. The maximum absolute atomic E-state index is 13.1. The van der Waals surface area contributed by atoms with Crippen molar-refractivity contribution in [3.8, 4) is 0 Å². The van der Waals surface area contributed by atoms with E-state index in [-0.39, 0.29) is 35.7 Å². The fourth-order valence-electron chi connectivity index (χ4n) is 5.34. The predicted molar refractivity (Wildman–Crippen MR) is 85.6 cm³/mol. The number of esters is 1. The molecule has 3 aliphatic rings. The molecule has 1 amide bonds. The number of fused-ring (bicyclic) bond motifs is 2. The summed E-state index contributed by atoms with van der Waals surface area (Å²) in [5.74, 6) is 0.0377. The molecule has 2 heterocycles. The smallest absolute Gasteiger partial charge is 0.306 e. The Morgan fingerprint density at radius 1 is 1.39 bits per heavy atom. The van der Waals surface area contributed by atoms with Crippen LogP contribution in [0.1, 0.15) is 49.7 Å². The highest BCUT2D eigenvalue weighted by Crippen LogP contribution is 2.58. The topological polar surface area (TPSA) is 46.6 Å². The largest absolute Gasteiger partial charge is 0.469 e. The number of benzene rings is 1. The number of hydrogen-bond acceptors (Lipinski definition) is 3. The van der Waals surface area contributed by atoms with E-state index in [9.17, 15) is 9.59 Å². The molecule has 4 rings (SSSR count). The third-order valence-corrected chi connectivity index (χ3v) is 6.39. The summed E-state index contributed by atoms with van der Waals surface area (Å²) in [6, 6.07) is 8.74. The second kappa shape index (κ2) is 5.08. The van der Waals surface area contributed by atoms with E-state index in [0.717, 1.165) is 19.3 Å². The van der Waals surface area contributed by atoms with Gasteiger partial charge in [0.05, 0.1) is 19.4 Å². The first-order valence-electron chi connectivity index (χ1n) is 8.51. The Balaban J connectivity index is 1.78. The Hall–Kier alpha value is -1.84. The van der Waals surface area contributed by atoms with E-state index in [2.05, 4.69) is 30.0 Å². The lowest BCUT2D eigenvalue weighted by Gasteiger charge is -2.49. The number of rotatable bonds is 2. The average Bonchev–Trinajstić information content (AvgIpc) is 2.77. The summed E-state index contributed by atoms with van der Waals surface area (Å²) in [6.45, 7) is 2.90. The highest BCUT2D eigenvalue weighted by molar-refractivity contribution is 5.87. The third-order valence-electron chi connectivity index (χ3n) is 6.39. The first kappa shape index (κ1) is 14.7. The van der Waals surface area contributed by atoms with Crippen LogP contribution in [0.25, 0.3) is 0 Å². The molecule has 2 fully saturated rings. The first-order chi connectivity index (χ1) is 11.1. The van der Waals surface area contributed by atoms with E-state index < -0.39 is 0 Å². The van der Waals surface area contributed by atoms with Gasteiger partial charge in [-0.2, -0.15) is 0 Å². The molecule has 4 atom stereocenters. The van der Waals surface area contributed by atoms with E-state index in [0.29, 0.717) is 12.5 Å². The van der Waals surface area contributed by atoms with Crippen molar-refractivity contribution >= 4 is 11.9 Å². The first-order valence-corrected chi connectivity index (χ1v) is 8.51. The normalized spacial score (nSPS) is 34.8. The Labute approximate surface area is 136 Å². The zero-order valence-electron chi connectivity index (χ0n) is 13.7. The van der Waals surface area contributed by atoms with Crippen LogP contribution in [0.2, 0.25) is 0 Å². The molecule has 1 saturated carbocycles. The van der Waals surface area contributed by atoms with Crippen LogP contribution in [-0.4, -0.2) is 29.9 Å². The Kier molecular flexibility index (Phi) is 3.26. The molecule has 1 aliphatic carbocycles. The van der Waals surface area contributed by atoms with Crippen molar-refractivity contribution in [3.63, 3.8) is 0 Å². The minimum atomic E-state index is -0.274. The quantitative estimate of drug-likeness (QED) is 0.789. The lowest BCUT2D eigenvalue weighted by Crippen LogP contribution is -2.49. The van der Waals surface area contributed by atoms with Crippen LogP contribution in [-0.2, 0) is 20.9 Å². The van der Waals surface area contributed by atoms with Gasteiger partial charge < -0.3 is 9.64 Å². The van der Waals surface area contributed by atoms with Gasteiger partial charge in [0.25, 0.3) is 0 Å². The van der Waals surface area contributed by atoms with Crippen molar-refractivity contribution in [1.29, 1.82) is 0 Å². The Bertz CT molecular complexity index is 670. The molecule has 1 aromatic carbocycles. The fraction of sp³-hybridized carbons (Fsp3) is 0.579. The molecule has 122 valence electrons. The lowest BCUT2D eigenvalue weighted by atomic mass is 9.60. The van der Waals surface area contributed by atoms with Crippen LogP contribution < -0.4 is 0 Å². The summed E-state index contributed by atoms with van der Waals surface area (Å²) in [5, 5.41) is 0. The van der Waals surface area contributed by atoms with Gasteiger partial charge in [-0.25, -0.2) is 0 Å². The van der Waals surface area contributed by atoms with Crippen molar-refractivity contribution in [2.75, 3.05) is 7.11 Å². The van der Waals surface area contributed by atoms with Crippen LogP contribution in [0.3, 0.4) is 0 Å². The van der Waals surface area contributed by atoms with Crippen LogP contribution in [0.4, 0.5) is 0 Å². The van der Waals surface area contributed by atoms with E-state index >= 15 is 0 Å². The van der Waals surface area contributed by atoms with Crippen molar-refractivity contribution in [3.05, 3.63) is 35.4 Å². The summed E-state index contributed by atoms with van der Waals surface area (Å²) in [6.07, 6.45) is 3.47. The molecule has 0 unspecified atom stereocenters. The Morgan fingerprint density at radius 2 is 2.17 bits per heavy atom. The standard InChI is InChI=1S/C19H23NO3/c1-19-9-5-8-14-13-7-4-3-6-12(13)11-20(17(14)19)18(22)15(19)10-16(21)23-2/h3-4,6-7,14-15,17H,5,8-11H2,1-2H3/t14-,15-,17+,19+/m1/s1. The second-order valence-electron chi connectivity index (χ2n) is 7.45. The van der Waals surface area contributed by atoms with Crippen molar-refractivity contribution < 1.29 is 14.3 Å². The molecule has 23 heavy (non-hydrogen) atoms. The molecular weight excluding hydrogens is 290 g/mol. The highest BCUT2D eigenvalue weighted by Gasteiger charge is 2.61. The molecule has 0 radical (unpaired) electrons. The van der Waals surface area contributed by atoms with Gasteiger partial charge in [0, 0.05) is 23.9 Å². The number of amides is 1. The minimum absolute atomic E-state index is 0.123. The van der Waals surface area contributed by atoms with E-state index in [1.54, 1.807) is 0 Å². The molecule has 1 saturated heterocycles. The molecule has 4 nitrogen and oxygen atoms in total. The van der Waals surface area contributed by atoms with Gasteiger partial charge in [-0.3, -0.25) is 9.59 Å². The fourth-order valence-corrected chi connectivity index (χ4v) is 5.34. The number of methoxy groups -OCH3 is 1. The van der Waals surface area contributed by atoms with Crippen LogP contribution in [0.15, 0.2) is 24.3 Å². The van der Waals surface area contributed by atoms with E-state index in [1.165, 1.54) is 18.2 Å². The second-order valence-corrected chi connectivity index (χ2v) is 7.45. The van der Waals surface area contributed by atoms with Crippen LogP contribution in [0, 0.1) is 11.3 Å². The number of ether oxygens (including phenoxy) is 1. The van der Waals surface area contributed by atoms with Gasteiger partial charge in [0.15, 0.2) is 0 Å². The monoisotopic (exact) mass is 313 g/mol. The predicted octanol–water partition coefficient (Wildman–Crippen LogP) is 2.86. The van der Waals surface area contributed by atoms with Crippen molar-refractivity contribution in [2.24, 2.45) is 11.3 Å². The van der Waals surface area contributed by atoms with Crippen molar-refractivity contribution in [2.45, 2.75) is 51.1 Å². The molecule has 4 heteroatoms. The maximum Gasteiger partial charge on any atom is 0.306 e. The zero-order valence-corrected chi connectivity index (χ0v) is 13.7. The lowest BCUT2D eigenvalue weighted by molar-refractivity contribution is -0.146. The average molecular weight is 313 g/mol. The van der Waals surface area contributed by atoms with Crippen LogP contribution in [0.5, 0.6) is 0 Å². The van der Waals surface area contributed by atoms with E-state index in [4.69, 9.17) is 4.74 Å². The SMILES string of the molecule is COC(=O)C[C@@H]1C(=O)N2Cc3ccccc3[C@H]3CCC[C@]1(C)[C@H]32. The molecule has 0 N–H and O–H groups in total. The van der Waals surface area contributed by atoms with Crippen molar-refractivity contribution in [1.82, 2.24) is 4.90 Å². The van der Waals surface area contributed by atoms with Gasteiger partial charge in [-0.15, -0.1) is 0 Å². The molecule has 0 spiro atoms. The molecule has 0 aromatic heterocycles. The van der Waals surface area contributed by atoms with Crippen LogP contribution >= 0.6 is 0 Å². The van der Waals surface area contributed by atoms with Gasteiger partial charge in [-0.05, 0) is 24.0 Å². The molecular formula is C19H23NO3. The van der Waals surface area contributed by atoms with E-state index in [1.807, 2.05) is 6.07 Å². The summed E-state index contributed by atoms with van der Waals surface area (Å²) in [7, 11) is 1.40. The van der Waals surface area contributed by atoms with Gasteiger partial charge in [-0.1, -0.05) is 37.6 Å². The van der Waals surface area contributed by atoms with Gasteiger partial charge in [0.1, 0.15) is 0 Å². The summed E-state index contributed by atoms with van der Waals surface area (Å²) in [5.41, 5.74) is 2.55. The summed E-state index contributed by atoms with van der Waals surface area (Å²) < 4.78 is 4.85. The Morgan fingerprint density at radius 3 is 2.96 bits per heavy atom.